The molecule has 1 N–H and O–H groups in total. The minimum Gasteiger partial charge on any atom is -0.457 e. The van der Waals surface area contributed by atoms with Gasteiger partial charge in [-0.1, -0.05) is 52.7 Å². The molecular weight excluding hydrogens is 578 g/mol. The zero-order valence-corrected chi connectivity index (χ0v) is 21.7. The molecule has 0 bridgehead atoms. The number of ether oxygens (including phenoxy) is 2. The van der Waals surface area contributed by atoms with Crippen LogP contribution in [0.2, 0.25) is 10.0 Å². The van der Waals surface area contributed by atoms with Gasteiger partial charge in [0.2, 0.25) is 5.13 Å². The molecule has 0 atom stereocenters. The standard InChI is InChI=1S/C26H14Cl2F3N3O4S/c27-16-11-17(28)13-20(12-16)37-22-8-7-21(38-22)23(35)32-25-34-33-24(39-25)14-3-1-5-18(9-14)36-19-6-2-4-15(10-19)26(29,30)31/h1-13H,(H,32,34,35). The van der Waals surface area contributed by atoms with Crippen LogP contribution in [0.5, 0.6) is 23.2 Å². The number of nitrogens with zero attached hydrogens (tertiary/aromatic N) is 2. The van der Waals surface area contributed by atoms with Gasteiger partial charge >= 0.3 is 6.18 Å². The molecule has 5 rings (SSSR count). The highest BCUT2D eigenvalue weighted by atomic mass is 35.5. The first-order valence-corrected chi connectivity index (χ1v) is 12.5. The van der Waals surface area contributed by atoms with Gasteiger partial charge in [0.15, 0.2) is 5.76 Å². The average molecular weight is 592 g/mol. The molecule has 5 aromatic rings. The highest BCUT2D eigenvalue weighted by Crippen LogP contribution is 2.35. The van der Waals surface area contributed by atoms with Gasteiger partial charge in [0.05, 0.1) is 5.56 Å². The number of benzene rings is 3. The van der Waals surface area contributed by atoms with E-state index in [2.05, 4.69) is 15.5 Å². The van der Waals surface area contributed by atoms with Gasteiger partial charge in [-0.25, -0.2) is 0 Å². The summed E-state index contributed by atoms with van der Waals surface area (Å²) in [4.78, 5) is 12.6. The lowest BCUT2D eigenvalue weighted by Gasteiger charge is -2.10. The van der Waals surface area contributed by atoms with Crippen molar-refractivity contribution in [2.75, 3.05) is 5.32 Å². The number of amides is 1. The van der Waals surface area contributed by atoms with Crippen LogP contribution in [0.4, 0.5) is 18.3 Å². The second kappa shape index (κ2) is 11.0. The van der Waals surface area contributed by atoms with Gasteiger partial charge in [-0.15, -0.1) is 10.2 Å². The monoisotopic (exact) mass is 591 g/mol. The number of carbonyl (C=O) groups excluding carboxylic acids is 1. The van der Waals surface area contributed by atoms with E-state index >= 15 is 0 Å². The van der Waals surface area contributed by atoms with Gasteiger partial charge in [0.25, 0.3) is 11.9 Å². The van der Waals surface area contributed by atoms with Crippen molar-refractivity contribution < 1.29 is 31.9 Å². The van der Waals surface area contributed by atoms with E-state index in [0.29, 0.717) is 32.1 Å². The maximum atomic E-state index is 13.0. The van der Waals surface area contributed by atoms with E-state index < -0.39 is 17.6 Å². The van der Waals surface area contributed by atoms with Crippen LogP contribution in [0.1, 0.15) is 16.1 Å². The van der Waals surface area contributed by atoms with E-state index in [1.165, 1.54) is 36.4 Å². The molecular formula is C26H14Cl2F3N3O4S. The second-order valence-corrected chi connectivity index (χ2v) is 9.70. The summed E-state index contributed by atoms with van der Waals surface area (Å²) in [6.07, 6.45) is -4.48. The molecule has 2 heterocycles. The fourth-order valence-corrected chi connectivity index (χ4v) is 4.56. The molecule has 0 fully saturated rings. The molecule has 3 aromatic carbocycles. The first-order chi connectivity index (χ1) is 18.6. The van der Waals surface area contributed by atoms with Crippen molar-refractivity contribution in [2.45, 2.75) is 6.18 Å². The molecule has 0 spiro atoms. The van der Waals surface area contributed by atoms with Crippen molar-refractivity contribution in [1.82, 2.24) is 10.2 Å². The van der Waals surface area contributed by atoms with Gasteiger partial charge < -0.3 is 13.9 Å². The third-order valence-electron chi connectivity index (χ3n) is 4.98. The lowest BCUT2D eigenvalue weighted by Crippen LogP contribution is -2.10. The highest BCUT2D eigenvalue weighted by Gasteiger charge is 2.30. The number of anilines is 1. The van der Waals surface area contributed by atoms with Gasteiger partial charge in [-0.3, -0.25) is 10.1 Å². The molecule has 0 aliphatic carbocycles. The zero-order chi connectivity index (χ0) is 27.6. The molecule has 0 radical (unpaired) electrons. The van der Waals surface area contributed by atoms with E-state index in [4.69, 9.17) is 37.1 Å². The summed E-state index contributed by atoms with van der Waals surface area (Å²) in [7, 11) is 0. The number of halogens is 5. The van der Waals surface area contributed by atoms with Crippen molar-refractivity contribution in [3.63, 3.8) is 0 Å². The van der Waals surface area contributed by atoms with E-state index in [1.54, 1.807) is 30.3 Å². The van der Waals surface area contributed by atoms with Crippen molar-refractivity contribution in [2.24, 2.45) is 0 Å². The molecule has 0 saturated carbocycles. The molecule has 7 nitrogen and oxygen atoms in total. The van der Waals surface area contributed by atoms with E-state index in [0.717, 1.165) is 23.5 Å². The molecule has 0 saturated heterocycles. The Morgan fingerprint density at radius 3 is 2.31 bits per heavy atom. The van der Waals surface area contributed by atoms with Crippen LogP contribution >= 0.6 is 34.5 Å². The third-order valence-corrected chi connectivity index (χ3v) is 6.31. The van der Waals surface area contributed by atoms with Crippen molar-refractivity contribution in [3.05, 3.63) is 100 Å². The topological polar surface area (TPSA) is 86.5 Å². The molecule has 0 unspecified atom stereocenters. The Kier molecular flexibility index (Phi) is 7.47. The van der Waals surface area contributed by atoms with Crippen LogP contribution in [0, 0.1) is 0 Å². The Labute approximate surface area is 232 Å². The maximum absolute atomic E-state index is 13.0. The quantitative estimate of drug-likeness (QED) is 0.203. The summed E-state index contributed by atoms with van der Waals surface area (Å²) in [5.74, 6) is 0.102. The van der Waals surface area contributed by atoms with Gasteiger partial charge in [-0.05, 0) is 54.6 Å². The van der Waals surface area contributed by atoms with Gasteiger partial charge in [0.1, 0.15) is 22.3 Å². The maximum Gasteiger partial charge on any atom is 0.416 e. The Bertz CT molecular complexity index is 1640. The molecule has 0 aliphatic rings. The van der Waals surface area contributed by atoms with Crippen LogP contribution < -0.4 is 14.8 Å². The third kappa shape index (κ3) is 6.69. The summed E-state index contributed by atoms with van der Waals surface area (Å²) in [6.45, 7) is 0. The lowest BCUT2D eigenvalue weighted by atomic mass is 10.2. The number of aromatic nitrogens is 2. The molecule has 13 heteroatoms. The predicted octanol–water partition coefficient (Wildman–Crippen LogP) is 8.96. The van der Waals surface area contributed by atoms with Crippen molar-refractivity contribution in [3.8, 4) is 33.8 Å². The number of carbonyl (C=O) groups is 1. The van der Waals surface area contributed by atoms with E-state index in [1.807, 2.05) is 0 Å². The van der Waals surface area contributed by atoms with E-state index in [9.17, 15) is 18.0 Å². The van der Waals surface area contributed by atoms with Crippen LogP contribution in [0.3, 0.4) is 0 Å². The van der Waals surface area contributed by atoms with Gasteiger partial charge in [0, 0.05) is 21.7 Å². The number of furan rings is 1. The zero-order valence-electron chi connectivity index (χ0n) is 19.3. The van der Waals surface area contributed by atoms with Crippen LogP contribution in [-0.4, -0.2) is 16.1 Å². The summed E-state index contributed by atoms with van der Waals surface area (Å²) < 4.78 is 55.6. The smallest absolute Gasteiger partial charge is 0.416 e. The summed E-state index contributed by atoms with van der Waals surface area (Å²) >= 11 is 13.0. The van der Waals surface area contributed by atoms with Crippen LogP contribution in [0.25, 0.3) is 10.6 Å². The summed E-state index contributed by atoms with van der Waals surface area (Å²) in [6, 6.07) is 18.7. The second-order valence-electron chi connectivity index (χ2n) is 7.85. The average Bonchev–Trinajstić information content (AvgIpc) is 3.53. The fraction of sp³-hybridized carbons (Fsp3) is 0.0385. The van der Waals surface area contributed by atoms with Crippen molar-refractivity contribution >= 4 is 45.6 Å². The minimum absolute atomic E-state index is 0.0347. The fourth-order valence-electron chi connectivity index (χ4n) is 3.31. The Morgan fingerprint density at radius 1 is 0.846 bits per heavy atom. The number of hydrogen-bond donors (Lipinski definition) is 1. The summed E-state index contributed by atoms with van der Waals surface area (Å²) in [5, 5.41) is 12.0. The highest BCUT2D eigenvalue weighted by molar-refractivity contribution is 7.18. The van der Waals surface area contributed by atoms with Crippen molar-refractivity contribution in [1.29, 1.82) is 0 Å². The number of rotatable bonds is 7. The number of nitrogens with one attached hydrogen (secondary N) is 1. The number of alkyl halides is 3. The normalized spacial score (nSPS) is 11.3. The molecule has 2 aromatic heterocycles. The predicted molar refractivity (Wildman–Crippen MR) is 140 cm³/mol. The first-order valence-electron chi connectivity index (χ1n) is 11.0. The molecule has 0 aliphatic heterocycles. The Morgan fingerprint density at radius 2 is 1.56 bits per heavy atom. The van der Waals surface area contributed by atoms with Crippen LogP contribution in [0.15, 0.2) is 83.3 Å². The van der Waals surface area contributed by atoms with E-state index in [-0.39, 0.29) is 22.6 Å². The minimum atomic E-state index is -4.48. The molecule has 39 heavy (non-hydrogen) atoms. The van der Waals surface area contributed by atoms with Gasteiger partial charge in [-0.2, -0.15) is 13.2 Å². The SMILES string of the molecule is O=C(Nc1nnc(-c2cccc(Oc3cccc(C(F)(F)F)c3)c2)s1)c1ccc(Oc2cc(Cl)cc(Cl)c2)o1. The summed E-state index contributed by atoms with van der Waals surface area (Å²) in [5.41, 5.74) is -0.226. The molecule has 198 valence electrons. The number of hydrogen-bond acceptors (Lipinski definition) is 7. The molecule has 1 amide bonds. The Hall–Kier alpha value is -4.06. The van der Waals surface area contributed by atoms with Crippen LogP contribution in [-0.2, 0) is 6.18 Å². The first kappa shape index (κ1) is 26.5. The Balaban J connectivity index is 1.25. The lowest BCUT2D eigenvalue weighted by molar-refractivity contribution is -0.137. The largest absolute Gasteiger partial charge is 0.457 e.